The smallest absolute Gasteiger partial charge is 0.222 e. The third kappa shape index (κ3) is 3.62. The van der Waals surface area contributed by atoms with Crippen molar-refractivity contribution in [1.82, 2.24) is 29.7 Å². The average molecular weight is 451 g/mol. The first-order valence-electron chi connectivity index (χ1n) is 10.9. The van der Waals surface area contributed by atoms with Crippen LogP contribution < -0.4 is 10.6 Å². The van der Waals surface area contributed by atoms with Gasteiger partial charge in [0.1, 0.15) is 23.5 Å². The number of fused-ring (bicyclic) bond motifs is 1. The third-order valence-electron chi connectivity index (χ3n) is 5.84. The van der Waals surface area contributed by atoms with Crippen LogP contribution in [0.4, 0.5) is 11.8 Å². The normalized spacial score (nSPS) is 15.4. The van der Waals surface area contributed by atoms with Gasteiger partial charge in [0, 0.05) is 60.0 Å². The van der Waals surface area contributed by atoms with Gasteiger partial charge in [-0.3, -0.25) is 4.68 Å². The van der Waals surface area contributed by atoms with Gasteiger partial charge in [0.15, 0.2) is 0 Å². The standard InChI is InChI=1S/C25H22N8O/c1-32-14-18(12-29-32)17-9-19-20(13-28-24(19)27-11-17)21-10-23(31-25(26)30-21)33-7-8-34-22(15-33)16-5-3-2-4-6-16/h2-3,5,7-15H,4,6H2,1H3,(H,27,28)(H2,26,30,31). The van der Waals surface area contributed by atoms with Crippen LogP contribution in [-0.4, -0.2) is 29.7 Å². The van der Waals surface area contributed by atoms with Gasteiger partial charge in [-0.05, 0) is 24.5 Å². The molecule has 6 rings (SSSR count). The van der Waals surface area contributed by atoms with Crippen molar-refractivity contribution < 1.29 is 4.74 Å². The number of anilines is 2. The molecule has 0 bridgehead atoms. The predicted molar refractivity (Wildman–Crippen MR) is 131 cm³/mol. The maximum absolute atomic E-state index is 6.14. The van der Waals surface area contributed by atoms with Crippen LogP contribution in [0.15, 0.2) is 85.1 Å². The Morgan fingerprint density at radius 1 is 1.15 bits per heavy atom. The number of nitrogens with two attached hydrogens (primary N) is 1. The van der Waals surface area contributed by atoms with Crippen LogP contribution in [0.3, 0.4) is 0 Å². The number of aromatic nitrogens is 6. The Morgan fingerprint density at radius 2 is 2.09 bits per heavy atom. The highest BCUT2D eigenvalue weighted by molar-refractivity contribution is 5.95. The molecule has 0 spiro atoms. The first kappa shape index (κ1) is 20.0. The molecule has 0 radical (unpaired) electrons. The molecule has 168 valence electrons. The molecule has 1 aliphatic carbocycles. The van der Waals surface area contributed by atoms with Gasteiger partial charge >= 0.3 is 0 Å². The molecule has 0 aromatic carbocycles. The number of H-pyrrole nitrogens is 1. The minimum absolute atomic E-state index is 0.188. The Bertz CT molecular complexity index is 1520. The van der Waals surface area contributed by atoms with Crippen LogP contribution >= 0.6 is 0 Å². The molecule has 0 saturated carbocycles. The Hall–Kier alpha value is -4.66. The summed E-state index contributed by atoms with van der Waals surface area (Å²) >= 11 is 0. The fourth-order valence-electron chi connectivity index (χ4n) is 4.14. The number of hydrogen-bond acceptors (Lipinski definition) is 7. The second-order valence-electron chi connectivity index (χ2n) is 8.16. The van der Waals surface area contributed by atoms with E-state index in [1.54, 1.807) is 10.9 Å². The average Bonchev–Trinajstić information content (AvgIpc) is 3.50. The molecule has 9 nitrogen and oxygen atoms in total. The highest BCUT2D eigenvalue weighted by Crippen LogP contribution is 2.33. The summed E-state index contributed by atoms with van der Waals surface area (Å²) in [5.74, 6) is 1.63. The van der Waals surface area contributed by atoms with Gasteiger partial charge in [0.2, 0.25) is 5.95 Å². The summed E-state index contributed by atoms with van der Waals surface area (Å²) in [5.41, 5.74) is 11.6. The molecule has 5 heterocycles. The van der Waals surface area contributed by atoms with Crippen LogP contribution in [0, 0.1) is 0 Å². The molecule has 0 atom stereocenters. The first-order chi connectivity index (χ1) is 16.6. The molecule has 0 amide bonds. The van der Waals surface area contributed by atoms with Gasteiger partial charge in [-0.1, -0.05) is 18.2 Å². The number of nitrogens with one attached hydrogen (secondary N) is 1. The van der Waals surface area contributed by atoms with Crippen molar-refractivity contribution in [2.75, 3.05) is 10.6 Å². The van der Waals surface area contributed by atoms with Crippen molar-refractivity contribution in [2.24, 2.45) is 7.05 Å². The van der Waals surface area contributed by atoms with Crippen molar-refractivity contribution in [1.29, 1.82) is 0 Å². The Balaban J connectivity index is 1.40. The van der Waals surface area contributed by atoms with Gasteiger partial charge in [-0.15, -0.1) is 0 Å². The second-order valence-corrected chi connectivity index (χ2v) is 8.16. The summed E-state index contributed by atoms with van der Waals surface area (Å²) in [6, 6.07) is 3.99. The molecule has 4 aromatic rings. The highest BCUT2D eigenvalue weighted by Gasteiger charge is 2.18. The number of aromatic amines is 1. The zero-order valence-electron chi connectivity index (χ0n) is 18.5. The minimum atomic E-state index is 0.188. The lowest BCUT2D eigenvalue weighted by Gasteiger charge is -2.23. The van der Waals surface area contributed by atoms with Crippen molar-refractivity contribution in [3.05, 3.63) is 85.1 Å². The Kier molecular flexibility index (Phi) is 4.72. The first-order valence-corrected chi connectivity index (χ1v) is 10.9. The fraction of sp³-hybridized carbons (Fsp3) is 0.120. The largest absolute Gasteiger partial charge is 0.462 e. The Labute approximate surface area is 195 Å². The minimum Gasteiger partial charge on any atom is -0.462 e. The summed E-state index contributed by atoms with van der Waals surface area (Å²) in [6.45, 7) is 0. The van der Waals surface area contributed by atoms with Gasteiger partial charge in [0.25, 0.3) is 0 Å². The van der Waals surface area contributed by atoms with E-state index in [0.29, 0.717) is 11.5 Å². The van der Waals surface area contributed by atoms with Crippen molar-refractivity contribution in [3.63, 3.8) is 0 Å². The van der Waals surface area contributed by atoms with Crippen molar-refractivity contribution in [2.45, 2.75) is 12.8 Å². The number of hydrogen-bond donors (Lipinski definition) is 2. The van der Waals surface area contributed by atoms with Crippen molar-refractivity contribution >= 4 is 22.8 Å². The van der Waals surface area contributed by atoms with E-state index in [4.69, 9.17) is 10.5 Å². The Morgan fingerprint density at radius 3 is 2.91 bits per heavy atom. The lowest BCUT2D eigenvalue weighted by molar-refractivity contribution is 0.348. The van der Waals surface area contributed by atoms with Crippen LogP contribution in [0.1, 0.15) is 12.8 Å². The maximum atomic E-state index is 6.14. The molecule has 0 fully saturated rings. The van der Waals surface area contributed by atoms with Crippen LogP contribution in [0.5, 0.6) is 0 Å². The fourth-order valence-corrected chi connectivity index (χ4v) is 4.14. The number of rotatable bonds is 4. The topological polar surface area (TPSA) is 111 Å². The summed E-state index contributed by atoms with van der Waals surface area (Å²) in [7, 11) is 1.89. The molecule has 0 saturated heterocycles. The number of aryl methyl sites for hydroxylation is 1. The van der Waals surface area contributed by atoms with E-state index in [2.05, 4.69) is 49.3 Å². The van der Waals surface area contributed by atoms with Gasteiger partial charge in [0.05, 0.1) is 18.1 Å². The molecule has 4 aromatic heterocycles. The van der Waals surface area contributed by atoms with E-state index in [1.807, 2.05) is 55.2 Å². The molecule has 0 unspecified atom stereocenters. The molecule has 2 aliphatic rings. The summed E-state index contributed by atoms with van der Waals surface area (Å²) in [4.78, 5) is 18.7. The summed E-state index contributed by atoms with van der Waals surface area (Å²) in [5, 5.41) is 5.21. The SMILES string of the molecule is Cn1cc(-c2cnc3[nH]cc(-c4cc(N5C=COC(C6=CC=CCC6)=C5)nc(N)n4)c3c2)cn1. The zero-order chi connectivity index (χ0) is 23.1. The predicted octanol–water partition coefficient (Wildman–Crippen LogP) is 4.43. The lowest BCUT2D eigenvalue weighted by Crippen LogP contribution is -2.16. The monoisotopic (exact) mass is 450 g/mol. The summed E-state index contributed by atoms with van der Waals surface area (Å²) < 4.78 is 7.53. The van der Waals surface area contributed by atoms with Gasteiger partial charge in [-0.2, -0.15) is 10.1 Å². The molecule has 3 N–H and O–H groups in total. The number of pyridine rings is 1. The van der Waals surface area contributed by atoms with E-state index < -0.39 is 0 Å². The number of nitrogens with zero attached hydrogens (tertiary/aromatic N) is 6. The summed E-state index contributed by atoms with van der Waals surface area (Å²) in [6.07, 6.45) is 21.1. The van der Waals surface area contributed by atoms with E-state index in [9.17, 15) is 0 Å². The lowest BCUT2D eigenvalue weighted by atomic mass is 10.0. The zero-order valence-corrected chi connectivity index (χ0v) is 18.5. The molecule has 34 heavy (non-hydrogen) atoms. The number of nitrogen functional groups attached to an aromatic ring is 1. The highest BCUT2D eigenvalue weighted by atomic mass is 16.5. The van der Waals surface area contributed by atoms with Crippen LogP contribution in [0.2, 0.25) is 0 Å². The molecule has 1 aliphatic heterocycles. The quantitative estimate of drug-likeness (QED) is 0.473. The van der Waals surface area contributed by atoms with E-state index in [0.717, 1.165) is 51.9 Å². The molecule has 9 heteroatoms. The van der Waals surface area contributed by atoms with Crippen LogP contribution in [-0.2, 0) is 11.8 Å². The number of ether oxygens (including phenoxy) is 1. The van der Waals surface area contributed by atoms with Crippen LogP contribution in [0.25, 0.3) is 33.4 Å². The number of allylic oxidation sites excluding steroid dienone is 4. The molecular weight excluding hydrogens is 428 g/mol. The van der Waals surface area contributed by atoms with Crippen molar-refractivity contribution in [3.8, 4) is 22.4 Å². The van der Waals surface area contributed by atoms with E-state index in [1.165, 1.54) is 0 Å². The second kappa shape index (κ2) is 8.04. The third-order valence-corrected chi connectivity index (χ3v) is 5.84. The molecular formula is C25H22N8O. The maximum Gasteiger partial charge on any atom is 0.222 e. The van der Waals surface area contributed by atoms with Gasteiger partial charge < -0.3 is 20.4 Å². The van der Waals surface area contributed by atoms with E-state index >= 15 is 0 Å². The van der Waals surface area contributed by atoms with Gasteiger partial charge in [-0.25, -0.2) is 9.97 Å². The van der Waals surface area contributed by atoms with E-state index in [-0.39, 0.29) is 5.95 Å².